The predicted octanol–water partition coefficient (Wildman–Crippen LogP) is 3.31. The Hall–Kier alpha value is -1.10. The smallest absolute Gasteiger partial charge is 0.118 e. The summed E-state index contributed by atoms with van der Waals surface area (Å²) in [5, 5.41) is 9.24. The summed E-state index contributed by atoms with van der Waals surface area (Å²) in [4.78, 5) is 0. The predicted molar refractivity (Wildman–Crippen MR) is 86.1 cm³/mol. The molecule has 0 aromatic heterocycles. The van der Waals surface area contributed by atoms with E-state index in [-0.39, 0.29) is 24.4 Å². The number of aliphatic hydroxyl groups is 1. The van der Waals surface area contributed by atoms with E-state index in [0.717, 1.165) is 30.6 Å². The van der Waals surface area contributed by atoms with Crippen molar-refractivity contribution in [3.63, 3.8) is 0 Å². The molecule has 1 aromatic rings. The van der Waals surface area contributed by atoms with Crippen molar-refractivity contribution >= 4 is 0 Å². The van der Waals surface area contributed by atoms with Crippen molar-refractivity contribution in [2.24, 2.45) is 0 Å². The van der Waals surface area contributed by atoms with E-state index in [9.17, 15) is 5.11 Å². The molecule has 0 spiro atoms. The van der Waals surface area contributed by atoms with Gasteiger partial charge in [0.2, 0.25) is 0 Å². The average molecular weight is 308 g/mol. The van der Waals surface area contributed by atoms with Gasteiger partial charge in [0.25, 0.3) is 0 Å². The largest absolute Gasteiger partial charge is 0.497 e. The minimum absolute atomic E-state index is 0.0141. The summed E-state index contributed by atoms with van der Waals surface area (Å²) in [7, 11) is 1.66. The van der Waals surface area contributed by atoms with Crippen LogP contribution in [0.2, 0.25) is 0 Å². The van der Waals surface area contributed by atoms with Crippen LogP contribution in [0.5, 0.6) is 5.75 Å². The zero-order valence-corrected chi connectivity index (χ0v) is 13.9. The molecule has 22 heavy (non-hydrogen) atoms. The Morgan fingerprint density at radius 1 is 1.32 bits per heavy atom. The molecule has 1 aliphatic heterocycles. The lowest BCUT2D eigenvalue weighted by Gasteiger charge is -2.23. The molecule has 4 nitrogen and oxygen atoms in total. The fraction of sp³-hybridized carbons (Fsp3) is 0.667. The van der Waals surface area contributed by atoms with Crippen molar-refractivity contribution in [1.29, 1.82) is 0 Å². The first-order chi connectivity index (χ1) is 10.6. The topological polar surface area (TPSA) is 47.9 Å². The summed E-state index contributed by atoms with van der Waals surface area (Å²) in [6.07, 6.45) is 3.67. The van der Waals surface area contributed by atoms with Crippen LogP contribution in [-0.4, -0.2) is 36.6 Å². The highest BCUT2D eigenvalue weighted by atomic mass is 16.6. The number of hydrogen-bond donors (Lipinski definition) is 1. The van der Waals surface area contributed by atoms with E-state index >= 15 is 0 Å². The van der Waals surface area contributed by atoms with Gasteiger partial charge in [-0.3, -0.25) is 0 Å². The molecular formula is C18H28O4. The van der Waals surface area contributed by atoms with Gasteiger partial charge in [0.1, 0.15) is 5.75 Å². The molecule has 3 atom stereocenters. The first-order valence-corrected chi connectivity index (χ1v) is 8.13. The molecule has 124 valence electrons. The Morgan fingerprint density at radius 3 is 2.64 bits per heavy atom. The molecule has 0 amide bonds. The van der Waals surface area contributed by atoms with Crippen molar-refractivity contribution in [1.82, 2.24) is 0 Å². The fourth-order valence-corrected chi connectivity index (χ4v) is 3.20. The van der Waals surface area contributed by atoms with Gasteiger partial charge >= 0.3 is 0 Å². The molecular weight excluding hydrogens is 280 g/mol. The summed E-state index contributed by atoms with van der Waals surface area (Å²) >= 11 is 0. The average Bonchev–Trinajstić information content (AvgIpc) is 2.82. The number of ether oxygens (including phenoxy) is 3. The molecule has 1 aliphatic rings. The zero-order valence-electron chi connectivity index (χ0n) is 13.9. The van der Waals surface area contributed by atoms with Crippen molar-refractivity contribution in [3.8, 4) is 5.75 Å². The van der Waals surface area contributed by atoms with Crippen LogP contribution in [0.25, 0.3) is 0 Å². The molecule has 1 aromatic carbocycles. The minimum Gasteiger partial charge on any atom is -0.497 e. The van der Waals surface area contributed by atoms with Crippen LogP contribution >= 0.6 is 0 Å². The summed E-state index contributed by atoms with van der Waals surface area (Å²) in [5.74, 6) is 0.849. The standard InChI is InChI=1S/C18H28O4/c1-4-10-18(2)12-17(16(22-18)9-11-19)21-13-14-5-7-15(20-3)8-6-14/h5-8,16-17,19H,4,9-13H2,1-3H3/t16-,17+,18+/m0/s1. The van der Waals surface area contributed by atoms with E-state index in [1.807, 2.05) is 24.3 Å². The molecule has 1 fully saturated rings. The molecule has 4 heteroatoms. The molecule has 0 radical (unpaired) electrons. The number of rotatable bonds is 8. The van der Waals surface area contributed by atoms with Gasteiger partial charge in [-0.1, -0.05) is 25.5 Å². The highest BCUT2D eigenvalue weighted by Gasteiger charge is 2.42. The van der Waals surface area contributed by atoms with Crippen LogP contribution < -0.4 is 4.74 Å². The third kappa shape index (κ3) is 4.45. The Labute approximate surface area is 133 Å². The van der Waals surface area contributed by atoms with Gasteiger partial charge in [-0.25, -0.2) is 0 Å². The van der Waals surface area contributed by atoms with Gasteiger partial charge in [-0.2, -0.15) is 0 Å². The number of aliphatic hydroxyl groups excluding tert-OH is 1. The monoisotopic (exact) mass is 308 g/mol. The second-order valence-corrected chi connectivity index (χ2v) is 6.27. The highest BCUT2D eigenvalue weighted by Crippen LogP contribution is 2.37. The number of benzene rings is 1. The van der Waals surface area contributed by atoms with Crippen molar-refractivity contribution < 1.29 is 19.3 Å². The number of hydrogen-bond acceptors (Lipinski definition) is 4. The van der Waals surface area contributed by atoms with E-state index in [1.54, 1.807) is 7.11 Å². The quantitative estimate of drug-likeness (QED) is 0.800. The number of methoxy groups -OCH3 is 1. The summed E-state index contributed by atoms with van der Waals surface area (Å²) in [6.45, 7) is 5.01. The van der Waals surface area contributed by atoms with Gasteiger partial charge in [-0.15, -0.1) is 0 Å². The second-order valence-electron chi connectivity index (χ2n) is 6.27. The maximum Gasteiger partial charge on any atom is 0.118 e. The van der Waals surface area contributed by atoms with Gasteiger partial charge in [-0.05, 0) is 37.5 Å². The van der Waals surface area contributed by atoms with Crippen LogP contribution in [0.4, 0.5) is 0 Å². The first-order valence-electron chi connectivity index (χ1n) is 8.13. The van der Waals surface area contributed by atoms with Crippen molar-refractivity contribution in [3.05, 3.63) is 29.8 Å². The van der Waals surface area contributed by atoms with Gasteiger partial charge in [0.15, 0.2) is 0 Å². The molecule has 0 saturated carbocycles. The Kier molecular flexibility index (Phi) is 6.24. The van der Waals surface area contributed by atoms with E-state index in [0.29, 0.717) is 13.0 Å². The maximum absolute atomic E-state index is 9.24. The lowest BCUT2D eigenvalue weighted by Crippen LogP contribution is -2.26. The lowest BCUT2D eigenvalue weighted by molar-refractivity contribution is -0.0680. The van der Waals surface area contributed by atoms with Crippen molar-refractivity contribution in [2.45, 2.75) is 63.9 Å². The van der Waals surface area contributed by atoms with Crippen LogP contribution in [0.3, 0.4) is 0 Å². The van der Waals surface area contributed by atoms with Crippen LogP contribution in [0.15, 0.2) is 24.3 Å². The van der Waals surface area contributed by atoms with E-state index in [4.69, 9.17) is 14.2 Å². The van der Waals surface area contributed by atoms with E-state index in [1.165, 1.54) is 0 Å². The normalized spacial score (nSPS) is 28.0. The second kappa shape index (κ2) is 7.95. The molecule has 1 saturated heterocycles. The van der Waals surface area contributed by atoms with E-state index in [2.05, 4.69) is 13.8 Å². The van der Waals surface area contributed by atoms with Gasteiger partial charge in [0, 0.05) is 13.0 Å². The third-order valence-electron chi connectivity index (χ3n) is 4.30. The lowest BCUT2D eigenvalue weighted by atomic mass is 9.95. The Bertz CT molecular complexity index is 445. The van der Waals surface area contributed by atoms with Crippen LogP contribution in [-0.2, 0) is 16.1 Å². The molecule has 0 unspecified atom stereocenters. The van der Waals surface area contributed by atoms with Crippen LogP contribution in [0.1, 0.15) is 45.1 Å². The summed E-state index contributed by atoms with van der Waals surface area (Å²) in [6, 6.07) is 7.91. The molecule has 0 bridgehead atoms. The first kappa shape index (κ1) is 17.3. The van der Waals surface area contributed by atoms with Crippen molar-refractivity contribution in [2.75, 3.05) is 13.7 Å². The minimum atomic E-state index is -0.126. The molecule has 0 aliphatic carbocycles. The Balaban J connectivity index is 1.93. The van der Waals surface area contributed by atoms with Gasteiger partial charge in [0.05, 0.1) is 31.5 Å². The molecule has 1 N–H and O–H groups in total. The fourth-order valence-electron chi connectivity index (χ4n) is 3.20. The molecule has 2 rings (SSSR count). The molecule has 1 heterocycles. The van der Waals surface area contributed by atoms with Crippen LogP contribution in [0, 0.1) is 0 Å². The SMILES string of the molecule is CCC[C@]1(C)C[C@@H](OCc2ccc(OC)cc2)[C@H](CCO)O1. The zero-order chi connectivity index (χ0) is 16.0. The summed E-state index contributed by atoms with van der Waals surface area (Å²) < 4.78 is 17.4. The third-order valence-corrected chi connectivity index (χ3v) is 4.30. The Morgan fingerprint density at radius 2 is 2.05 bits per heavy atom. The van der Waals surface area contributed by atoms with E-state index < -0.39 is 0 Å². The maximum atomic E-state index is 9.24. The van der Waals surface area contributed by atoms with Gasteiger partial charge < -0.3 is 19.3 Å². The summed E-state index contributed by atoms with van der Waals surface area (Å²) in [5.41, 5.74) is 0.992. The highest BCUT2D eigenvalue weighted by molar-refractivity contribution is 5.26.